The fourth-order valence-corrected chi connectivity index (χ4v) is 1.47. The number of carbonyl (C=O) groups excluding carboxylic acids is 1. The summed E-state index contributed by atoms with van der Waals surface area (Å²) in [6.07, 6.45) is 0. The molecule has 3 N–H and O–H groups in total. The van der Waals surface area contributed by atoms with Crippen molar-refractivity contribution < 1.29 is 24.3 Å². The van der Waals surface area contributed by atoms with Crippen LogP contribution in [0.5, 0.6) is 5.75 Å². The lowest BCUT2D eigenvalue weighted by atomic mass is 10.1. The molecule has 0 aliphatic carbocycles. The Labute approximate surface area is 107 Å². The topological polar surface area (TPSA) is 113 Å². The first-order valence-corrected chi connectivity index (χ1v) is 5.28. The number of carboxylic acids is 1. The summed E-state index contributed by atoms with van der Waals surface area (Å²) >= 11 is 0. The zero-order valence-corrected chi connectivity index (χ0v) is 9.88. The molecule has 7 heteroatoms. The van der Waals surface area contributed by atoms with E-state index in [1.54, 1.807) is 6.92 Å². The lowest BCUT2D eigenvalue weighted by molar-refractivity contribution is 0.0697. The van der Waals surface area contributed by atoms with Gasteiger partial charge in [0.1, 0.15) is 5.75 Å². The molecule has 0 aliphatic heterocycles. The summed E-state index contributed by atoms with van der Waals surface area (Å²) in [5.41, 5.74) is 0.378. The number of anilines is 1. The molecule has 1 aromatic heterocycles. The second-order valence-corrected chi connectivity index (χ2v) is 3.82. The van der Waals surface area contributed by atoms with E-state index >= 15 is 0 Å². The summed E-state index contributed by atoms with van der Waals surface area (Å²) < 4.78 is 4.76. The maximum Gasteiger partial charge on any atom is 0.337 e. The molecule has 2 aromatic rings. The summed E-state index contributed by atoms with van der Waals surface area (Å²) in [5, 5.41) is 24.2. The first kappa shape index (κ1) is 12.6. The number of amides is 1. The highest BCUT2D eigenvalue weighted by Gasteiger charge is 2.16. The van der Waals surface area contributed by atoms with Gasteiger partial charge in [-0.1, -0.05) is 5.16 Å². The van der Waals surface area contributed by atoms with Gasteiger partial charge < -0.3 is 20.1 Å². The quantitative estimate of drug-likeness (QED) is 0.725. The van der Waals surface area contributed by atoms with Crippen LogP contribution in [0.25, 0.3) is 0 Å². The van der Waals surface area contributed by atoms with Crippen molar-refractivity contribution in [1.29, 1.82) is 0 Å². The van der Waals surface area contributed by atoms with Crippen molar-refractivity contribution in [2.24, 2.45) is 0 Å². The van der Waals surface area contributed by atoms with Gasteiger partial charge in [-0.2, -0.15) is 0 Å². The van der Waals surface area contributed by atoms with Gasteiger partial charge in [0.2, 0.25) is 5.76 Å². The van der Waals surface area contributed by atoms with Crippen molar-refractivity contribution in [3.63, 3.8) is 0 Å². The van der Waals surface area contributed by atoms with Crippen LogP contribution in [0.3, 0.4) is 0 Å². The Morgan fingerprint density at radius 2 is 2.05 bits per heavy atom. The Morgan fingerprint density at radius 3 is 2.63 bits per heavy atom. The lowest BCUT2D eigenvalue weighted by Gasteiger charge is -2.07. The molecule has 19 heavy (non-hydrogen) atoms. The third-order valence-electron chi connectivity index (χ3n) is 2.33. The third kappa shape index (κ3) is 2.71. The van der Waals surface area contributed by atoms with Crippen LogP contribution in [0, 0.1) is 6.92 Å². The summed E-state index contributed by atoms with van der Waals surface area (Å²) in [7, 11) is 0. The van der Waals surface area contributed by atoms with E-state index in [0.717, 1.165) is 6.07 Å². The molecular formula is C12H10N2O5. The molecule has 1 heterocycles. The van der Waals surface area contributed by atoms with E-state index < -0.39 is 11.9 Å². The molecule has 2 rings (SSSR count). The molecule has 1 amide bonds. The molecule has 0 unspecified atom stereocenters. The van der Waals surface area contributed by atoms with E-state index in [9.17, 15) is 14.7 Å². The fraction of sp³-hybridized carbons (Fsp3) is 0.0833. The second-order valence-electron chi connectivity index (χ2n) is 3.82. The maximum atomic E-state index is 11.8. The van der Waals surface area contributed by atoms with Gasteiger partial charge in [-0.3, -0.25) is 4.79 Å². The Kier molecular flexibility index (Phi) is 3.19. The van der Waals surface area contributed by atoms with Gasteiger partial charge in [-0.15, -0.1) is 0 Å². The molecule has 0 aliphatic rings. The molecule has 0 saturated carbocycles. The van der Waals surface area contributed by atoms with Crippen molar-refractivity contribution in [2.75, 3.05) is 5.32 Å². The smallest absolute Gasteiger partial charge is 0.337 e. The number of phenolic OH excluding ortho intramolecular Hbond substituents is 1. The van der Waals surface area contributed by atoms with Crippen molar-refractivity contribution >= 4 is 17.6 Å². The van der Waals surface area contributed by atoms with Crippen LogP contribution in [0.15, 0.2) is 28.8 Å². The number of carboxylic acid groups (broad SMARTS) is 1. The summed E-state index contributed by atoms with van der Waals surface area (Å²) in [6, 6.07) is 5.04. The SMILES string of the molecule is Cc1cc(C(=O)Nc2ccc(O)cc2C(=O)O)on1. The number of carbonyl (C=O) groups is 2. The van der Waals surface area contributed by atoms with Crippen LogP contribution in [0.1, 0.15) is 26.6 Å². The summed E-state index contributed by atoms with van der Waals surface area (Å²) in [4.78, 5) is 22.8. The van der Waals surface area contributed by atoms with Gasteiger partial charge in [0.15, 0.2) is 0 Å². The first-order chi connectivity index (χ1) is 8.97. The van der Waals surface area contributed by atoms with Crippen molar-refractivity contribution in [3.05, 3.63) is 41.3 Å². The average Bonchev–Trinajstić information content (AvgIpc) is 2.78. The number of benzene rings is 1. The lowest BCUT2D eigenvalue weighted by Crippen LogP contribution is -2.14. The minimum absolute atomic E-state index is 0.0260. The number of nitrogens with zero attached hydrogens (tertiary/aromatic N) is 1. The molecule has 1 aromatic carbocycles. The highest BCUT2D eigenvalue weighted by atomic mass is 16.5. The average molecular weight is 262 g/mol. The zero-order valence-electron chi connectivity index (χ0n) is 9.88. The molecule has 98 valence electrons. The first-order valence-electron chi connectivity index (χ1n) is 5.28. The number of hydrogen-bond donors (Lipinski definition) is 3. The Hall–Kier alpha value is -2.83. The van der Waals surface area contributed by atoms with Crippen LogP contribution < -0.4 is 5.32 Å². The second kappa shape index (κ2) is 4.81. The highest BCUT2D eigenvalue weighted by molar-refractivity contribution is 6.06. The van der Waals surface area contributed by atoms with Gasteiger partial charge in [0.25, 0.3) is 5.91 Å². The van der Waals surface area contributed by atoms with E-state index in [-0.39, 0.29) is 22.8 Å². The van der Waals surface area contributed by atoms with Crippen LogP contribution in [0.4, 0.5) is 5.69 Å². The maximum absolute atomic E-state index is 11.8. The Balaban J connectivity index is 2.28. The van der Waals surface area contributed by atoms with Gasteiger partial charge >= 0.3 is 5.97 Å². The van der Waals surface area contributed by atoms with Crippen molar-refractivity contribution in [3.8, 4) is 5.75 Å². The molecule has 0 bridgehead atoms. The van der Waals surface area contributed by atoms with E-state index in [4.69, 9.17) is 9.63 Å². The van der Waals surface area contributed by atoms with Crippen molar-refractivity contribution in [1.82, 2.24) is 5.16 Å². The zero-order chi connectivity index (χ0) is 14.0. The fourth-order valence-electron chi connectivity index (χ4n) is 1.47. The van der Waals surface area contributed by atoms with E-state index in [0.29, 0.717) is 5.69 Å². The molecule has 0 spiro atoms. The minimum atomic E-state index is -1.26. The summed E-state index contributed by atoms with van der Waals surface area (Å²) in [6.45, 7) is 1.66. The van der Waals surface area contributed by atoms with Crippen molar-refractivity contribution in [2.45, 2.75) is 6.92 Å². The normalized spacial score (nSPS) is 10.2. The molecular weight excluding hydrogens is 252 g/mol. The number of nitrogens with one attached hydrogen (secondary N) is 1. The predicted molar refractivity (Wildman–Crippen MR) is 64.3 cm³/mol. The third-order valence-corrected chi connectivity index (χ3v) is 2.33. The Morgan fingerprint density at radius 1 is 1.32 bits per heavy atom. The number of aryl methyl sites for hydroxylation is 1. The van der Waals surface area contributed by atoms with E-state index in [1.807, 2.05) is 0 Å². The number of hydrogen-bond acceptors (Lipinski definition) is 5. The van der Waals surface area contributed by atoms with Gasteiger partial charge in [-0.25, -0.2) is 4.79 Å². The summed E-state index contributed by atoms with van der Waals surface area (Å²) in [5.74, 6) is -2.11. The van der Waals surface area contributed by atoms with Crippen LogP contribution >= 0.6 is 0 Å². The number of phenols is 1. The van der Waals surface area contributed by atoms with Crippen LogP contribution in [-0.4, -0.2) is 27.2 Å². The number of rotatable bonds is 3. The monoisotopic (exact) mass is 262 g/mol. The largest absolute Gasteiger partial charge is 0.508 e. The molecule has 0 atom stereocenters. The standard InChI is InChI=1S/C12H10N2O5/c1-6-4-10(19-14-6)11(16)13-9-3-2-7(15)5-8(9)12(17)18/h2-5,15H,1H3,(H,13,16)(H,17,18). The number of aromatic nitrogens is 1. The number of aromatic hydroxyl groups is 1. The van der Waals surface area contributed by atoms with Crippen LogP contribution in [0.2, 0.25) is 0 Å². The van der Waals surface area contributed by atoms with E-state index in [2.05, 4.69) is 10.5 Å². The molecule has 0 saturated heterocycles. The highest BCUT2D eigenvalue weighted by Crippen LogP contribution is 2.22. The number of aromatic carboxylic acids is 1. The van der Waals surface area contributed by atoms with Gasteiger partial charge in [0.05, 0.1) is 16.9 Å². The molecule has 0 radical (unpaired) electrons. The van der Waals surface area contributed by atoms with E-state index in [1.165, 1.54) is 18.2 Å². The molecule has 0 fully saturated rings. The van der Waals surface area contributed by atoms with Crippen LogP contribution in [-0.2, 0) is 0 Å². The predicted octanol–water partition coefficient (Wildman–Crippen LogP) is 1.64. The Bertz CT molecular complexity index is 647. The van der Waals surface area contributed by atoms with Gasteiger partial charge in [-0.05, 0) is 25.1 Å². The minimum Gasteiger partial charge on any atom is -0.508 e. The molecule has 7 nitrogen and oxygen atoms in total. The van der Waals surface area contributed by atoms with Gasteiger partial charge in [0, 0.05) is 6.07 Å².